The van der Waals surface area contributed by atoms with E-state index in [1.165, 1.54) is 5.56 Å². The molecule has 0 saturated carbocycles. The molecule has 2 aliphatic heterocycles. The van der Waals surface area contributed by atoms with Gasteiger partial charge in [0.15, 0.2) is 0 Å². The molecule has 5 heteroatoms. The van der Waals surface area contributed by atoms with Crippen molar-refractivity contribution in [1.82, 2.24) is 9.80 Å². The number of aryl methyl sites for hydroxylation is 1. The molecule has 1 aromatic carbocycles. The molecular weight excluding hydrogens is 340 g/mol. The van der Waals surface area contributed by atoms with Crippen molar-refractivity contribution in [3.63, 3.8) is 0 Å². The molecule has 1 atom stereocenters. The normalized spacial score (nSPS) is 22.5. The Hall–Kier alpha value is -1.43. The minimum absolute atomic E-state index is 0.256. The van der Waals surface area contributed by atoms with Crippen LogP contribution in [0.3, 0.4) is 0 Å². The molecule has 1 unspecified atom stereocenters. The molecule has 2 saturated heterocycles. The second-order valence-electron chi connectivity index (χ2n) is 8.29. The van der Waals surface area contributed by atoms with Crippen molar-refractivity contribution in [2.24, 2.45) is 11.3 Å². The Labute approximate surface area is 163 Å². The molecule has 0 bridgehead atoms. The van der Waals surface area contributed by atoms with E-state index in [0.717, 1.165) is 64.3 Å². The van der Waals surface area contributed by atoms with E-state index in [1.54, 1.807) is 14.2 Å². The number of benzene rings is 1. The zero-order chi connectivity index (χ0) is 19.3. The van der Waals surface area contributed by atoms with Gasteiger partial charge in [-0.05, 0) is 30.7 Å². The second kappa shape index (κ2) is 9.18. The highest BCUT2D eigenvalue weighted by Crippen LogP contribution is 2.44. The van der Waals surface area contributed by atoms with Crippen molar-refractivity contribution in [3.8, 4) is 0 Å². The number of methoxy groups -OCH3 is 2. The molecule has 2 heterocycles. The lowest BCUT2D eigenvalue weighted by Crippen LogP contribution is -2.47. The third kappa shape index (κ3) is 4.89. The Morgan fingerprint density at radius 3 is 2.48 bits per heavy atom. The van der Waals surface area contributed by atoms with E-state index in [-0.39, 0.29) is 11.3 Å². The number of likely N-dealkylation sites (tertiary alicyclic amines) is 2. The lowest BCUT2D eigenvalue weighted by molar-refractivity contribution is -0.133. The maximum absolute atomic E-state index is 12.7. The molecular formula is C22H34N2O3. The van der Waals surface area contributed by atoms with Crippen molar-refractivity contribution in [1.29, 1.82) is 0 Å². The number of carbonyl (C=O) groups excluding carboxylic acids is 1. The predicted octanol–water partition coefficient (Wildman–Crippen LogP) is 2.37. The van der Waals surface area contributed by atoms with E-state index < -0.39 is 0 Å². The summed E-state index contributed by atoms with van der Waals surface area (Å²) in [5.41, 5.74) is 2.62. The van der Waals surface area contributed by atoms with Gasteiger partial charge in [0.2, 0.25) is 5.91 Å². The molecule has 1 spiro atoms. The fraction of sp³-hybridized carbons (Fsp3) is 0.682. The Kier molecular flexibility index (Phi) is 6.90. The summed E-state index contributed by atoms with van der Waals surface area (Å²) in [4.78, 5) is 17.3. The molecule has 27 heavy (non-hydrogen) atoms. The van der Waals surface area contributed by atoms with Crippen LogP contribution >= 0.6 is 0 Å². The summed E-state index contributed by atoms with van der Waals surface area (Å²) < 4.78 is 10.8. The number of amides is 1. The van der Waals surface area contributed by atoms with E-state index in [0.29, 0.717) is 12.3 Å². The van der Waals surface area contributed by atoms with Gasteiger partial charge in [-0.3, -0.25) is 4.79 Å². The fourth-order valence-electron chi connectivity index (χ4n) is 4.73. The maximum Gasteiger partial charge on any atom is 0.226 e. The van der Waals surface area contributed by atoms with Crippen molar-refractivity contribution in [3.05, 3.63) is 35.4 Å². The van der Waals surface area contributed by atoms with E-state index in [9.17, 15) is 4.79 Å². The molecule has 150 valence electrons. The first-order valence-electron chi connectivity index (χ1n) is 10.1. The number of nitrogens with zero attached hydrogens (tertiary/aromatic N) is 2. The van der Waals surface area contributed by atoms with Gasteiger partial charge < -0.3 is 19.3 Å². The van der Waals surface area contributed by atoms with Crippen LogP contribution in [-0.2, 0) is 20.7 Å². The minimum Gasteiger partial charge on any atom is -0.384 e. The zero-order valence-electron chi connectivity index (χ0n) is 17.1. The van der Waals surface area contributed by atoms with Crippen LogP contribution in [0.4, 0.5) is 0 Å². The van der Waals surface area contributed by atoms with Crippen molar-refractivity contribution in [2.75, 3.05) is 60.2 Å². The average Bonchev–Trinajstić information content (AvgIpc) is 2.99. The molecule has 0 radical (unpaired) electrons. The van der Waals surface area contributed by atoms with Gasteiger partial charge >= 0.3 is 0 Å². The molecule has 2 aliphatic rings. The number of hydrogen-bond donors (Lipinski definition) is 0. The van der Waals surface area contributed by atoms with Gasteiger partial charge in [-0.15, -0.1) is 0 Å². The van der Waals surface area contributed by atoms with Crippen LogP contribution in [0.2, 0.25) is 0 Å². The van der Waals surface area contributed by atoms with Crippen LogP contribution < -0.4 is 0 Å². The minimum atomic E-state index is 0.256. The van der Waals surface area contributed by atoms with E-state index >= 15 is 0 Å². The number of carbonyl (C=O) groups is 1. The predicted molar refractivity (Wildman–Crippen MR) is 107 cm³/mol. The lowest BCUT2D eigenvalue weighted by atomic mass is 9.71. The Morgan fingerprint density at radius 1 is 1.15 bits per heavy atom. The second-order valence-corrected chi connectivity index (χ2v) is 8.29. The van der Waals surface area contributed by atoms with Crippen LogP contribution in [-0.4, -0.2) is 75.9 Å². The summed E-state index contributed by atoms with van der Waals surface area (Å²) >= 11 is 0. The summed E-state index contributed by atoms with van der Waals surface area (Å²) in [5.74, 6) is 0.805. The molecule has 5 nitrogen and oxygen atoms in total. The largest absolute Gasteiger partial charge is 0.384 e. The highest BCUT2D eigenvalue weighted by atomic mass is 16.5. The summed E-state index contributed by atoms with van der Waals surface area (Å²) in [5, 5.41) is 0. The average molecular weight is 375 g/mol. The van der Waals surface area contributed by atoms with E-state index in [4.69, 9.17) is 9.47 Å². The topological polar surface area (TPSA) is 42.0 Å². The standard InChI is InChI=1S/C22H34N2O3/c1-18-4-6-19(7-5-18)14-21(25)24-10-8-22(9-11-24)17-23(12-13-26-2)15-20(22)16-27-3/h4-7,20H,8-17H2,1-3H3. The van der Waals surface area contributed by atoms with Gasteiger partial charge in [0.1, 0.15) is 0 Å². The molecule has 1 amide bonds. The summed E-state index contributed by atoms with van der Waals surface area (Å²) in [6.07, 6.45) is 2.66. The smallest absolute Gasteiger partial charge is 0.226 e. The Morgan fingerprint density at radius 2 is 1.85 bits per heavy atom. The van der Waals surface area contributed by atoms with Crippen LogP contribution in [0.15, 0.2) is 24.3 Å². The van der Waals surface area contributed by atoms with E-state index in [2.05, 4.69) is 41.0 Å². The zero-order valence-corrected chi connectivity index (χ0v) is 17.1. The first kappa shape index (κ1) is 20.3. The Bertz CT molecular complexity index is 608. The van der Waals surface area contributed by atoms with Crippen LogP contribution in [0.1, 0.15) is 24.0 Å². The van der Waals surface area contributed by atoms with Crippen molar-refractivity contribution in [2.45, 2.75) is 26.2 Å². The quantitative estimate of drug-likeness (QED) is 0.735. The van der Waals surface area contributed by atoms with Crippen molar-refractivity contribution >= 4 is 5.91 Å². The molecule has 0 aliphatic carbocycles. The van der Waals surface area contributed by atoms with Gasteiger partial charge in [-0.2, -0.15) is 0 Å². The summed E-state index contributed by atoms with van der Waals surface area (Å²) in [6, 6.07) is 8.29. The first-order chi connectivity index (χ1) is 13.1. The number of rotatable bonds is 7. The number of ether oxygens (including phenoxy) is 2. The van der Waals surface area contributed by atoms with Crippen LogP contribution in [0.5, 0.6) is 0 Å². The third-order valence-electron chi connectivity index (χ3n) is 6.45. The molecule has 0 aromatic heterocycles. The van der Waals surface area contributed by atoms with Gasteiger partial charge in [-0.25, -0.2) is 0 Å². The van der Waals surface area contributed by atoms with Gasteiger partial charge in [0.25, 0.3) is 0 Å². The SMILES string of the molecule is COCCN1CC(COC)C2(CCN(C(=O)Cc3ccc(C)cc3)CC2)C1. The molecule has 0 N–H and O–H groups in total. The summed E-state index contributed by atoms with van der Waals surface area (Å²) in [7, 11) is 3.56. The molecule has 1 aromatic rings. The van der Waals surface area contributed by atoms with Gasteiger partial charge in [-0.1, -0.05) is 29.8 Å². The highest BCUT2D eigenvalue weighted by Gasteiger charge is 2.48. The number of piperidine rings is 1. The van der Waals surface area contributed by atoms with E-state index in [1.807, 2.05) is 0 Å². The third-order valence-corrected chi connectivity index (χ3v) is 6.45. The van der Waals surface area contributed by atoms with Gasteiger partial charge in [0, 0.05) is 52.9 Å². The van der Waals surface area contributed by atoms with Gasteiger partial charge in [0.05, 0.1) is 19.6 Å². The molecule has 2 fully saturated rings. The highest BCUT2D eigenvalue weighted by molar-refractivity contribution is 5.78. The maximum atomic E-state index is 12.7. The fourth-order valence-corrected chi connectivity index (χ4v) is 4.73. The number of hydrogen-bond acceptors (Lipinski definition) is 4. The first-order valence-corrected chi connectivity index (χ1v) is 10.1. The Balaban J connectivity index is 1.57. The summed E-state index contributed by atoms with van der Waals surface area (Å²) in [6.45, 7) is 8.54. The van der Waals surface area contributed by atoms with Crippen molar-refractivity contribution < 1.29 is 14.3 Å². The monoisotopic (exact) mass is 374 g/mol. The lowest BCUT2D eigenvalue weighted by Gasteiger charge is -2.42. The van der Waals surface area contributed by atoms with Crippen LogP contribution in [0.25, 0.3) is 0 Å². The van der Waals surface area contributed by atoms with Crippen LogP contribution in [0, 0.1) is 18.3 Å². The molecule has 3 rings (SSSR count).